The van der Waals surface area contributed by atoms with Gasteiger partial charge in [0.25, 0.3) is 0 Å². The van der Waals surface area contributed by atoms with Crippen LogP contribution in [0.5, 0.6) is 0 Å². The Morgan fingerprint density at radius 1 is 0.705 bits per heavy atom. The lowest BCUT2D eigenvalue weighted by atomic mass is 9.71. The summed E-state index contributed by atoms with van der Waals surface area (Å²) in [6, 6.07) is 0. The monoisotopic (exact) mass is 594 g/mol. The summed E-state index contributed by atoms with van der Waals surface area (Å²) in [7, 11) is 0. The van der Waals surface area contributed by atoms with Gasteiger partial charge in [0.15, 0.2) is 5.78 Å². The molecule has 2 aliphatic carbocycles. The topological polar surface area (TPSA) is 77.8 Å². The van der Waals surface area contributed by atoms with E-state index in [2.05, 4.69) is 37.5 Å². The van der Waals surface area contributed by atoms with Crippen molar-refractivity contribution in [3.63, 3.8) is 0 Å². The van der Waals surface area contributed by atoms with Crippen LogP contribution in [-0.2, 0) is 4.79 Å². The molecule has 4 heteroatoms. The molecule has 0 saturated heterocycles. The van der Waals surface area contributed by atoms with Gasteiger partial charge in [0.05, 0.1) is 6.10 Å². The van der Waals surface area contributed by atoms with Crippen LogP contribution in [-0.4, -0.2) is 39.4 Å². The summed E-state index contributed by atoms with van der Waals surface area (Å²) in [5.41, 5.74) is 6.42. The average Bonchev–Trinajstić information content (AvgIpc) is 2.92. The molecular formula is C40H50O4. The largest absolute Gasteiger partial charge is 0.390 e. The maximum Gasteiger partial charge on any atom is 0.187 e. The van der Waals surface area contributed by atoms with E-state index in [-0.39, 0.29) is 16.6 Å². The Morgan fingerprint density at radius 3 is 1.66 bits per heavy atom. The zero-order valence-corrected chi connectivity index (χ0v) is 28.2. The van der Waals surface area contributed by atoms with Crippen molar-refractivity contribution in [1.29, 1.82) is 0 Å². The van der Waals surface area contributed by atoms with Crippen molar-refractivity contribution >= 4 is 5.78 Å². The molecule has 0 bridgehead atoms. The molecular weight excluding hydrogens is 544 g/mol. The Labute approximate surface area is 265 Å². The highest BCUT2D eigenvalue weighted by atomic mass is 16.3. The van der Waals surface area contributed by atoms with Crippen molar-refractivity contribution in [2.24, 2.45) is 10.8 Å². The van der Waals surface area contributed by atoms with Gasteiger partial charge in [-0.15, -0.1) is 0 Å². The van der Waals surface area contributed by atoms with Crippen LogP contribution in [0.4, 0.5) is 0 Å². The maximum atomic E-state index is 12.2. The summed E-state index contributed by atoms with van der Waals surface area (Å²) in [6.45, 7) is 19.7. The Morgan fingerprint density at radius 2 is 1.16 bits per heavy atom. The van der Waals surface area contributed by atoms with Crippen molar-refractivity contribution in [2.75, 3.05) is 0 Å². The number of aliphatic hydroxyl groups excluding tert-OH is 3. The van der Waals surface area contributed by atoms with Crippen molar-refractivity contribution in [1.82, 2.24) is 0 Å². The standard InChI is InChI=1S/C40H50O4/c1-27(17-13-19-29(3)21-23-33-31(5)37(43)35(41)25-39(33,7)8)15-11-12-16-28(2)18-14-20-30(4)22-24-34-32(6)38(44)36(42)26-40(34,9)10/h11-20,35-37,41-43H,25-26H2,1-10H3/b12-11+,17-13+,18-14+,27-15+,28-16+,29-19+,30-20+. The van der Waals surface area contributed by atoms with Gasteiger partial charge >= 0.3 is 0 Å². The fraction of sp³-hybridized carbons (Fsp3) is 0.425. The first-order valence-corrected chi connectivity index (χ1v) is 15.2. The van der Waals surface area contributed by atoms with Gasteiger partial charge in [-0.3, -0.25) is 4.79 Å². The van der Waals surface area contributed by atoms with E-state index in [1.165, 1.54) is 0 Å². The summed E-state index contributed by atoms with van der Waals surface area (Å²) in [4.78, 5) is 12.2. The molecule has 0 aromatic heterocycles. The van der Waals surface area contributed by atoms with E-state index in [9.17, 15) is 20.1 Å². The second-order valence-electron chi connectivity index (χ2n) is 13.3. The van der Waals surface area contributed by atoms with E-state index in [4.69, 9.17) is 0 Å². The fourth-order valence-corrected chi connectivity index (χ4v) is 5.42. The second-order valence-corrected chi connectivity index (χ2v) is 13.3. The smallest absolute Gasteiger partial charge is 0.187 e. The molecule has 3 N–H and O–H groups in total. The molecule has 44 heavy (non-hydrogen) atoms. The van der Waals surface area contributed by atoms with E-state index >= 15 is 0 Å². The quantitative estimate of drug-likeness (QED) is 0.219. The minimum atomic E-state index is -0.941. The number of aliphatic hydroxyl groups is 3. The van der Waals surface area contributed by atoms with Crippen molar-refractivity contribution in [3.8, 4) is 23.7 Å². The molecule has 234 valence electrons. The van der Waals surface area contributed by atoms with Crippen LogP contribution >= 0.6 is 0 Å². The van der Waals surface area contributed by atoms with Gasteiger partial charge in [0.2, 0.25) is 0 Å². The zero-order chi connectivity index (χ0) is 33.2. The van der Waals surface area contributed by atoms with Gasteiger partial charge in [-0.05, 0) is 71.1 Å². The van der Waals surface area contributed by atoms with Crippen molar-refractivity contribution in [2.45, 2.75) is 100 Å². The summed E-state index contributed by atoms with van der Waals surface area (Å²) < 4.78 is 0. The molecule has 0 spiro atoms. The van der Waals surface area contributed by atoms with Gasteiger partial charge < -0.3 is 15.3 Å². The average molecular weight is 595 g/mol. The minimum absolute atomic E-state index is 0.226. The number of allylic oxidation sites excluding steroid dienone is 16. The van der Waals surface area contributed by atoms with Gasteiger partial charge in [0, 0.05) is 27.5 Å². The third-order valence-corrected chi connectivity index (χ3v) is 8.04. The Hall–Kier alpha value is -3.67. The van der Waals surface area contributed by atoms with Crippen LogP contribution < -0.4 is 0 Å². The third-order valence-electron chi connectivity index (χ3n) is 8.04. The SMILES string of the molecule is CC1=C(C#C/C(C)=C/C=C/C(C)=C/C=C/C=C(C)/C=C/C=C(\C)C#CC2=C(C)C(O)C(O)CC2(C)C)C(C)(C)CC(O)C1=O. The highest BCUT2D eigenvalue weighted by Gasteiger charge is 2.38. The van der Waals surface area contributed by atoms with E-state index in [0.29, 0.717) is 18.4 Å². The molecule has 4 nitrogen and oxygen atoms in total. The molecule has 3 unspecified atom stereocenters. The summed E-state index contributed by atoms with van der Waals surface area (Å²) in [5, 5.41) is 30.3. The normalized spacial score (nSPS) is 25.1. The molecule has 0 aliphatic heterocycles. The minimum Gasteiger partial charge on any atom is -0.390 e. The summed E-state index contributed by atoms with van der Waals surface area (Å²) >= 11 is 0. The lowest BCUT2D eigenvalue weighted by Crippen LogP contribution is -2.39. The van der Waals surface area contributed by atoms with Gasteiger partial charge in [-0.2, -0.15) is 0 Å². The fourth-order valence-electron chi connectivity index (χ4n) is 5.42. The molecule has 2 rings (SSSR count). The Balaban J connectivity index is 1.98. The predicted molar refractivity (Wildman–Crippen MR) is 183 cm³/mol. The molecule has 0 aromatic rings. The number of rotatable bonds is 6. The molecule has 0 amide bonds. The molecule has 0 aromatic carbocycles. The predicted octanol–water partition coefficient (Wildman–Crippen LogP) is 7.59. The van der Waals surface area contributed by atoms with Gasteiger partial charge in [0.1, 0.15) is 12.2 Å². The van der Waals surface area contributed by atoms with Crippen LogP contribution in [0.25, 0.3) is 0 Å². The number of hydrogen-bond donors (Lipinski definition) is 3. The first-order valence-electron chi connectivity index (χ1n) is 15.2. The van der Waals surface area contributed by atoms with Crippen molar-refractivity contribution < 1.29 is 20.1 Å². The van der Waals surface area contributed by atoms with Crippen LogP contribution in [0, 0.1) is 34.5 Å². The van der Waals surface area contributed by atoms with Crippen LogP contribution in [0.1, 0.15) is 82.1 Å². The first kappa shape index (κ1) is 36.5. The molecule has 0 radical (unpaired) electrons. The number of carbonyl (C=O) groups excluding carboxylic acids is 1. The Bertz CT molecular complexity index is 1520. The van der Waals surface area contributed by atoms with E-state index in [0.717, 1.165) is 39.0 Å². The highest BCUT2D eigenvalue weighted by molar-refractivity contribution is 6.00. The lowest BCUT2D eigenvalue weighted by molar-refractivity contribution is -0.125. The molecule has 3 atom stereocenters. The number of hydrogen-bond acceptors (Lipinski definition) is 4. The summed E-state index contributed by atoms with van der Waals surface area (Å²) in [5.74, 6) is 12.5. The lowest BCUT2D eigenvalue weighted by Gasteiger charge is -2.37. The zero-order valence-electron chi connectivity index (χ0n) is 28.2. The number of carbonyl (C=O) groups is 1. The third kappa shape index (κ3) is 10.5. The van der Waals surface area contributed by atoms with Crippen LogP contribution in [0.15, 0.2) is 105 Å². The van der Waals surface area contributed by atoms with Crippen molar-refractivity contribution in [3.05, 3.63) is 105 Å². The van der Waals surface area contributed by atoms with E-state index in [1.54, 1.807) is 6.92 Å². The van der Waals surface area contributed by atoms with Gasteiger partial charge in [-0.1, -0.05) is 123 Å². The molecule has 0 saturated carbocycles. The number of Topliss-reactive ketones (excluding diaryl/α,β-unsaturated/α-hetero) is 1. The molecule has 0 heterocycles. The first-order chi connectivity index (χ1) is 20.5. The van der Waals surface area contributed by atoms with E-state index in [1.807, 2.05) is 109 Å². The second kappa shape index (κ2) is 15.9. The van der Waals surface area contributed by atoms with Gasteiger partial charge in [-0.25, -0.2) is 0 Å². The maximum absolute atomic E-state index is 12.2. The Kier molecular flexibility index (Phi) is 13.2. The highest BCUT2D eigenvalue weighted by Crippen LogP contribution is 2.40. The van der Waals surface area contributed by atoms with Crippen LogP contribution in [0.2, 0.25) is 0 Å². The number of ketones is 1. The summed E-state index contributed by atoms with van der Waals surface area (Å²) in [6.07, 6.45) is 18.3. The van der Waals surface area contributed by atoms with E-state index < -0.39 is 18.3 Å². The molecule has 0 fully saturated rings. The molecule has 2 aliphatic rings. The van der Waals surface area contributed by atoms with Crippen LogP contribution in [0.3, 0.4) is 0 Å².